The number of methoxy groups -OCH3 is 2. The van der Waals surface area contributed by atoms with Crippen molar-refractivity contribution in [3.8, 4) is 0 Å². The topological polar surface area (TPSA) is 48.7 Å². The maximum atomic E-state index is 11.1. The zero-order chi connectivity index (χ0) is 15.9. The second kappa shape index (κ2) is 7.80. The molecule has 4 heteroatoms. The summed E-state index contributed by atoms with van der Waals surface area (Å²) in [5.41, 5.74) is 2.09. The van der Waals surface area contributed by atoms with E-state index >= 15 is 0 Å². The Labute approximate surface area is 130 Å². The Bertz CT molecular complexity index is 654. The highest BCUT2D eigenvalue weighted by Crippen LogP contribution is 2.28. The third kappa shape index (κ3) is 3.98. The van der Waals surface area contributed by atoms with Crippen LogP contribution in [0.3, 0.4) is 0 Å². The number of carbonyl (C=O) groups excluding carboxylic acids is 1. The molecule has 0 saturated heterocycles. The highest BCUT2D eigenvalue weighted by atomic mass is 16.5. The average molecular weight is 302 g/mol. The molecule has 1 unspecified atom stereocenters. The molecule has 0 spiro atoms. The highest BCUT2D eigenvalue weighted by Gasteiger charge is 2.11. The van der Waals surface area contributed by atoms with Gasteiger partial charge in [0, 0.05) is 25.2 Å². The van der Waals surface area contributed by atoms with Crippen molar-refractivity contribution in [1.82, 2.24) is 0 Å². The van der Waals surface area contributed by atoms with Gasteiger partial charge in [-0.05, 0) is 42.5 Å². The van der Waals surface area contributed by atoms with E-state index in [1.807, 2.05) is 6.07 Å². The van der Waals surface area contributed by atoms with E-state index in [1.54, 1.807) is 13.2 Å². The van der Waals surface area contributed by atoms with Crippen LogP contribution < -0.4 is 0 Å². The van der Waals surface area contributed by atoms with E-state index in [1.165, 1.54) is 18.7 Å². The number of carbonyl (C=O) groups is 1. The molecule has 0 aliphatic heterocycles. The van der Waals surface area contributed by atoms with Gasteiger partial charge in [0.2, 0.25) is 0 Å². The number of benzene rings is 1. The normalized spacial score (nSPS) is 12.9. The fourth-order valence-corrected chi connectivity index (χ4v) is 2.49. The van der Waals surface area contributed by atoms with Gasteiger partial charge in [0.25, 0.3) is 0 Å². The molecule has 0 N–H and O–H groups in total. The van der Waals surface area contributed by atoms with Gasteiger partial charge in [-0.15, -0.1) is 0 Å². The average Bonchev–Trinajstić information content (AvgIpc) is 2.95. The van der Waals surface area contributed by atoms with Crippen LogP contribution >= 0.6 is 0 Å². The summed E-state index contributed by atoms with van der Waals surface area (Å²) < 4.78 is 15.5. The first-order valence-corrected chi connectivity index (χ1v) is 7.46. The number of hydrogen-bond donors (Lipinski definition) is 0. The van der Waals surface area contributed by atoms with E-state index in [0.717, 1.165) is 30.4 Å². The van der Waals surface area contributed by atoms with E-state index < -0.39 is 5.97 Å². The monoisotopic (exact) mass is 302 g/mol. The molecule has 1 aromatic heterocycles. The maximum absolute atomic E-state index is 11.1. The molecule has 0 fully saturated rings. The number of ether oxygens (including phenoxy) is 2. The summed E-state index contributed by atoms with van der Waals surface area (Å²) >= 11 is 0. The van der Waals surface area contributed by atoms with Crippen molar-refractivity contribution in [2.24, 2.45) is 0 Å². The van der Waals surface area contributed by atoms with Gasteiger partial charge in [0.1, 0.15) is 11.3 Å². The minimum absolute atomic E-state index is 0.397. The summed E-state index contributed by atoms with van der Waals surface area (Å²) in [7, 11) is 3.07. The zero-order valence-corrected chi connectivity index (χ0v) is 13.3. The third-order valence-corrected chi connectivity index (χ3v) is 3.78. The highest BCUT2D eigenvalue weighted by molar-refractivity contribution is 5.88. The molecule has 1 atom stereocenters. The number of hydrogen-bond acceptors (Lipinski definition) is 4. The second-order valence-corrected chi connectivity index (χ2v) is 5.19. The lowest BCUT2D eigenvalue weighted by Gasteiger charge is -2.14. The van der Waals surface area contributed by atoms with Gasteiger partial charge in [-0.3, -0.25) is 0 Å². The molecule has 0 radical (unpaired) electrons. The predicted molar refractivity (Wildman–Crippen MR) is 86.8 cm³/mol. The number of rotatable bonds is 7. The smallest absolute Gasteiger partial charge is 0.330 e. The van der Waals surface area contributed by atoms with Gasteiger partial charge in [-0.1, -0.05) is 19.1 Å². The summed E-state index contributed by atoms with van der Waals surface area (Å²) in [6, 6.07) is 8.18. The Kier molecular flexibility index (Phi) is 5.78. The van der Waals surface area contributed by atoms with E-state index in [2.05, 4.69) is 29.9 Å². The standard InChI is InChI=1S/C18H22O4/c1-4-13(9-10-20-2)14-5-6-15-11-16(22-17(15)12-14)7-8-18(19)21-3/h5-8,11-13H,4,9-10H2,1-3H3/b8-7+. The summed E-state index contributed by atoms with van der Waals surface area (Å²) in [6.45, 7) is 2.93. The SMILES string of the molecule is CCC(CCOC)c1ccc2cc(/C=C/C(=O)OC)oc2c1. The van der Waals surface area contributed by atoms with Gasteiger partial charge >= 0.3 is 5.97 Å². The van der Waals surface area contributed by atoms with Crippen molar-refractivity contribution in [3.63, 3.8) is 0 Å². The lowest BCUT2D eigenvalue weighted by molar-refractivity contribution is -0.134. The fourth-order valence-electron chi connectivity index (χ4n) is 2.49. The molecule has 0 bridgehead atoms. The second-order valence-electron chi connectivity index (χ2n) is 5.19. The Morgan fingerprint density at radius 3 is 2.82 bits per heavy atom. The molecule has 0 saturated carbocycles. The summed E-state index contributed by atoms with van der Waals surface area (Å²) in [5.74, 6) is 0.706. The van der Waals surface area contributed by atoms with Gasteiger partial charge < -0.3 is 13.9 Å². The molecule has 1 heterocycles. The first-order chi connectivity index (χ1) is 10.7. The van der Waals surface area contributed by atoms with E-state index in [0.29, 0.717) is 11.7 Å². The third-order valence-electron chi connectivity index (χ3n) is 3.78. The van der Waals surface area contributed by atoms with Crippen LogP contribution in [0.2, 0.25) is 0 Å². The molecule has 0 amide bonds. The number of esters is 1. The summed E-state index contributed by atoms with van der Waals surface area (Å²) in [5, 5.41) is 1.02. The van der Waals surface area contributed by atoms with Crippen LogP contribution in [0.25, 0.3) is 17.0 Å². The van der Waals surface area contributed by atoms with Crippen LogP contribution in [0.15, 0.2) is 34.8 Å². The van der Waals surface area contributed by atoms with Gasteiger partial charge in [0.15, 0.2) is 0 Å². The van der Waals surface area contributed by atoms with Crippen LogP contribution in [0.4, 0.5) is 0 Å². The maximum Gasteiger partial charge on any atom is 0.330 e. The van der Waals surface area contributed by atoms with Gasteiger partial charge in [0.05, 0.1) is 7.11 Å². The molecule has 4 nitrogen and oxygen atoms in total. The first-order valence-electron chi connectivity index (χ1n) is 7.46. The van der Waals surface area contributed by atoms with E-state index in [4.69, 9.17) is 9.15 Å². The Balaban J connectivity index is 2.23. The molecule has 118 valence electrons. The fraction of sp³-hybridized carbons (Fsp3) is 0.389. The molecular weight excluding hydrogens is 280 g/mol. The van der Waals surface area contributed by atoms with E-state index in [9.17, 15) is 4.79 Å². The van der Waals surface area contributed by atoms with Crippen LogP contribution in [0.5, 0.6) is 0 Å². The predicted octanol–water partition coefficient (Wildman–Crippen LogP) is 4.15. The minimum Gasteiger partial charge on any atom is -0.466 e. The van der Waals surface area contributed by atoms with Crippen molar-refractivity contribution >= 4 is 23.0 Å². The quantitative estimate of drug-likeness (QED) is 0.569. The number of furan rings is 1. The van der Waals surface area contributed by atoms with Crippen molar-refractivity contribution in [2.45, 2.75) is 25.7 Å². The Morgan fingerprint density at radius 1 is 1.32 bits per heavy atom. The largest absolute Gasteiger partial charge is 0.466 e. The van der Waals surface area contributed by atoms with E-state index in [-0.39, 0.29) is 0 Å². The van der Waals surface area contributed by atoms with Crippen LogP contribution in [0.1, 0.15) is 37.0 Å². The Morgan fingerprint density at radius 2 is 2.14 bits per heavy atom. The molecule has 0 aliphatic carbocycles. The molecule has 2 rings (SSSR count). The minimum atomic E-state index is -0.397. The zero-order valence-electron chi connectivity index (χ0n) is 13.3. The molecule has 1 aromatic carbocycles. The molecule has 22 heavy (non-hydrogen) atoms. The summed E-state index contributed by atoms with van der Waals surface area (Å²) in [4.78, 5) is 11.1. The van der Waals surface area contributed by atoms with Crippen molar-refractivity contribution < 1.29 is 18.7 Å². The first kappa shape index (κ1) is 16.3. The summed E-state index contributed by atoms with van der Waals surface area (Å²) in [6.07, 6.45) is 5.03. The number of fused-ring (bicyclic) bond motifs is 1. The van der Waals surface area contributed by atoms with Crippen LogP contribution in [-0.4, -0.2) is 26.8 Å². The van der Waals surface area contributed by atoms with Crippen molar-refractivity contribution in [1.29, 1.82) is 0 Å². The van der Waals surface area contributed by atoms with Crippen molar-refractivity contribution in [3.05, 3.63) is 41.7 Å². The van der Waals surface area contributed by atoms with Gasteiger partial charge in [-0.2, -0.15) is 0 Å². The van der Waals surface area contributed by atoms with Crippen LogP contribution in [0, 0.1) is 0 Å². The van der Waals surface area contributed by atoms with Crippen LogP contribution in [-0.2, 0) is 14.3 Å². The Hall–Kier alpha value is -2.07. The lowest BCUT2D eigenvalue weighted by atomic mass is 9.93. The molecular formula is C18H22O4. The van der Waals surface area contributed by atoms with Gasteiger partial charge in [-0.25, -0.2) is 4.79 Å². The molecule has 2 aromatic rings. The molecule has 0 aliphatic rings. The van der Waals surface area contributed by atoms with Crippen molar-refractivity contribution in [2.75, 3.05) is 20.8 Å². The lowest BCUT2D eigenvalue weighted by Crippen LogP contribution is -2.01.